The van der Waals surface area contributed by atoms with Crippen LogP contribution in [0.2, 0.25) is 0 Å². The van der Waals surface area contributed by atoms with Crippen LogP contribution in [-0.4, -0.2) is 5.78 Å². The van der Waals surface area contributed by atoms with Crippen molar-refractivity contribution in [2.45, 2.75) is 12.0 Å². The predicted octanol–water partition coefficient (Wildman–Crippen LogP) is 5.20. The average molecular weight is 310 g/mol. The highest BCUT2D eigenvalue weighted by atomic mass is 16.1. The molecule has 0 fully saturated rings. The molecule has 0 bridgehead atoms. The second-order valence-electron chi connectivity index (χ2n) is 6.20. The molecule has 3 aromatic carbocycles. The third-order valence-corrected chi connectivity index (χ3v) is 4.94. The Balaban J connectivity index is 1.77. The van der Waals surface area contributed by atoms with Gasteiger partial charge in [0.05, 0.1) is 5.69 Å². The van der Waals surface area contributed by atoms with E-state index < -0.39 is 0 Å². The Hall–Kier alpha value is -3.07. The molecule has 2 aliphatic rings. The number of nitrogens with zero attached hydrogens (tertiary/aromatic N) is 2. The number of ketones is 1. The largest absolute Gasteiger partial charge is 0.289 e. The molecule has 1 heterocycles. The minimum atomic E-state index is -0.0865. The first-order valence-corrected chi connectivity index (χ1v) is 8.07. The summed E-state index contributed by atoms with van der Waals surface area (Å²) in [7, 11) is 0. The topological polar surface area (TPSA) is 41.8 Å². The minimum absolute atomic E-state index is 0.0162. The van der Waals surface area contributed by atoms with E-state index in [4.69, 9.17) is 0 Å². The van der Waals surface area contributed by atoms with Gasteiger partial charge in [-0.2, -0.15) is 10.2 Å². The van der Waals surface area contributed by atoms with Gasteiger partial charge in [0.25, 0.3) is 0 Å². The molecule has 0 amide bonds. The molecule has 24 heavy (non-hydrogen) atoms. The fourth-order valence-corrected chi connectivity index (χ4v) is 3.86. The van der Waals surface area contributed by atoms with Crippen molar-refractivity contribution in [3.8, 4) is 0 Å². The van der Waals surface area contributed by atoms with Crippen molar-refractivity contribution in [2.24, 2.45) is 10.2 Å². The van der Waals surface area contributed by atoms with Gasteiger partial charge in [-0.25, -0.2) is 0 Å². The molecule has 1 atom stereocenters. The maximum Gasteiger partial charge on any atom is 0.193 e. The minimum Gasteiger partial charge on any atom is -0.289 e. The average Bonchev–Trinajstić information content (AvgIpc) is 3.06. The van der Waals surface area contributed by atoms with E-state index in [0.29, 0.717) is 0 Å². The number of benzene rings is 3. The highest BCUT2D eigenvalue weighted by molar-refractivity contribution is 6.12. The Morgan fingerprint density at radius 1 is 0.667 bits per heavy atom. The fourth-order valence-electron chi connectivity index (χ4n) is 3.86. The zero-order valence-corrected chi connectivity index (χ0v) is 12.9. The molecule has 1 aliphatic carbocycles. The van der Waals surface area contributed by atoms with Gasteiger partial charge in [-0.3, -0.25) is 4.79 Å². The number of carbonyl (C=O) groups is 1. The summed E-state index contributed by atoms with van der Waals surface area (Å²) < 4.78 is 0. The van der Waals surface area contributed by atoms with Crippen molar-refractivity contribution in [1.29, 1.82) is 0 Å². The Labute approximate surface area is 139 Å². The van der Waals surface area contributed by atoms with Crippen molar-refractivity contribution < 1.29 is 4.79 Å². The lowest BCUT2D eigenvalue weighted by molar-refractivity contribution is 0.103. The molecule has 0 aromatic heterocycles. The molecule has 114 valence electrons. The van der Waals surface area contributed by atoms with E-state index in [9.17, 15) is 4.79 Å². The van der Waals surface area contributed by atoms with Crippen LogP contribution in [0.15, 0.2) is 83.0 Å². The van der Waals surface area contributed by atoms with Gasteiger partial charge in [-0.1, -0.05) is 66.7 Å². The van der Waals surface area contributed by atoms with Crippen LogP contribution in [0.5, 0.6) is 0 Å². The highest BCUT2D eigenvalue weighted by Gasteiger charge is 2.38. The van der Waals surface area contributed by atoms with Crippen LogP contribution in [0.1, 0.15) is 44.6 Å². The third-order valence-electron chi connectivity index (χ3n) is 4.94. The van der Waals surface area contributed by atoms with Gasteiger partial charge >= 0.3 is 0 Å². The highest BCUT2D eigenvalue weighted by Crippen LogP contribution is 2.50. The van der Waals surface area contributed by atoms with Crippen molar-refractivity contribution in [3.05, 3.63) is 101 Å². The number of carbonyl (C=O) groups excluding carboxylic acids is 1. The van der Waals surface area contributed by atoms with Crippen LogP contribution in [0.25, 0.3) is 0 Å². The molecular weight excluding hydrogens is 296 g/mol. The van der Waals surface area contributed by atoms with Crippen molar-refractivity contribution in [2.75, 3.05) is 0 Å². The Bertz CT molecular complexity index is 956. The van der Waals surface area contributed by atoms with Gasteiger partial charge in [0, 0.05) is 22.6 Å². The van der Waals surface area contributed by atoms with E-state index in [1.807, 2.05) is 66.7 Å². The van der Waals surface area contributed by atoms with E-state index in [1.165, 1.54) is 0 Å². The summed E-state index contributed by atoms with van der Waals surface area (Å²) >= 11 is 0. The van der Waals surface area contributed by atoms with Crippen molar-refractivity contribution in [3.63, 3.8) is 0 Å². The summed E-state index contributed by atoms with van der Waals surface area (Å²) in [6, 6.07) is 23.7. The predicted molar refractivity (Wildman–Crippen MR) is 91.9 cm³/mol. The lowest BCUT2D eigenvalue weighted by Crippen LogP contribution is -2.22. The number of azo groups is 1. The van der Waals surface area contributed by atoms with Gasteiger partial charge in [0.2, 0.25) is 0 Å². The second-order valence-corrected chi connectivity index (χ2v) is 6.20. The monoisotopic (exact) mass is 310 g/mol. The van der Waals surface area contributed by atoms with E-state index >= 15 is 0 Å². The Morgan fingerprint density at radius 3 is 1.88 bits per heavy atom. The molecule has 0 saturated heterocycles. The van der Waals surface area contributed by atoms with Gasteiger partial charge in [0.15, 0.2) is 5.78 Å². The van der Waals surface area contributed by atoms with Crippen LogP contribution in [0.3, 0.4) is 0 Å². The van der Waals surface area contributed by atoms with E-state index in [2.05, 4.69) is 16.3 Å². The summed E-state index contributed by atoms with van der Waals surface area (Å²) in [4.78, 5) is 12.9. The van der Waals surface area contributed by atoms with E-state index in [-0.39, 0.29) is 17.7 Å². The third kappa shape index (κ3) is 1.75. The van der Waals surface area contributed by atoms with Gasteiger partial charge in [-0.05, 0) is 17.2 Å². The summed E-state index contributed by atoms with van der Waals surface area (Å²) in [5.74, 6) is 0.114. The number of hydrogen-bond donors (Lipinski definition) is 0. The summed E-state index contributed by atoms with van der Waals surface area (Å²) in [5, 5.41) is 8.92. The Morgan fingerprint density at radius 2 is 1.21 bits per heavy atom. The lowest BCUT2D eigenvalue weighted by Gasteiger charge is -2.30. The molecule has 0 spiro atoms. The zero-order chi connectivity index (χ0) is 16.1. The molecule has 3 heteroatoms. The van der Waals surface area contributed by atoms with Gasteiger partial charge in [-0.15, -0.1) is 0 Å². The molecule has 0 saturated carbocycles. The molecule has 5 rings (SSSR count). The standard InChI is InChI=1S/C21H14N2O/c24-21-15-9-3-1-7-13(15)19(14-8-2-4-10-16(14)21)20-17-11-5-6-12-18(17)22-23-20/h1-12,19-20H/t20-/m1/s1. The van der Waals surface area contributed by atoms with Crippen LogP contribution in [0, 0.1) is 0 Å². The van der Waals surface area contributed by atoms with E-state index in [0.717, 1.165) is 33.5 Å². The summed E-state index contributed by atoms with van der Waals surface area (Å²) in [6.45, 7) is 0. The maximum atomic E-state index is 12.9. The fraction of sp³-hybridized carbons (Fsp3) is 0.0952. The Kier molecular flexibility index (Phi) is 2.77. The van der Waals surface area contributed by atoms with Crippen molar-refractivity contribution >= 4 is 11.5 Å². The normalized spacial score (nSPS) is 18.2. The van der Waals surface area contributed by atoms with Crippen LogP contribution in [0.4, 0.5) is 5.69 Å². The SMILES string of the molecule is O=C1c2ccccc2C([C@@H]2N=Nc3ccccc32)c2ccccc21. The number of fused-ring (bicyclic) bond motifs is 3. The van der Waals surface area contributed by atoms with Crippen LogP contribution >= 0.6 is 0 Å². The molecular formula is C21H14N2O. The maximum absolute atomic E-state index is 12.9. The summed E-state index contributed by atoms with van der Waals surface area (Å²) in [6.07, 6.45) is 0. The molecule has 0 N–H and O–H groups in total. The molecule has 1 aliphatic heterocycles. The molecule has 3 nitrogen and oxygen atoms in total. The van der Waals surface area contributed by atoms with Gasteiger partial charge in [0.1, 0.15) is 6.04 Å². The van der Waals surface area contributed by atoms with Gasteiger partial charge < -0.3 is 0 Å². The van der Waals surface area contributed by atoms with E-state index in [1.54, 1.807) is 0 Å². The lowest BCUT2D eigenvalue weighted by atomic mass is 9.73. The molecule has 0 unspecified atom stereocenters. The molecule has 0 radical (unpaired) electrons. The molecule has 3 aromatic rings. The first-order valence-electron chi connectivity index (χ1n) is 8.07. The van der Waals surface area contributed by atoms with Crippen LogP contribution in [-0.2, 0) is 0 Å². The first kappa shape index (κ1) is 13.4. The van der Waals surface area contributed by atoms with Crippen LogP contribution < -0.4 is 0 Å². The number of hydrogen-bond acceptors (Lipinski definition) is 3. The number of rotatable bonds is 1. The second kappa shape index (κ2) is 4.96. The first-order chi connectivity index (χ1) is 11.8. The quantitative estimate of drug-likeness (QED) is 0.609. The smallest absolute Gasteiger partial charge is 0.193 e. The zero-order valence-electron chi connectivity index (χ0n) is 12.9. The van der Waals surface area contributed by atoms with Crippen molar-refractivity contribution in [1.82, 2.24) is 0 Å². The summed E-state index contributed by atoms with van der Waals surface area (Å²) in [5.41, 5.74) is 5.70.